The third-order valence-corrected chi connectivity index (χ3v) is 3.85. The Hall–Kier alpha value is -2.01. The SMILES string of the molecule is CNC(=O)c1ccc(NCc2ccc(O)c(Br)c2)c(C)c1. The van der Waals surface area contributed by atoms with Crippen LogP contribution in [0.1, 0.15) is 21.5 Å². The molecule has 2 rings (SSSR count). The summed E-state index contributed by atoms with van der Waals surface area (Å²) in [5.74, 6) is 0.136. The van der Waals surface area contributed by atoms with E-state index in [1.54, 1.807) is 19.2 Å². The molecule has 0 unspecified atom stereocenters. The van der Waals surface area contributed by atoms with Gasteiger partial charge in [-0.05, 0) is 64.3 Å². The van der Waals surface area contributed by atoms with Gasteiger partial charge < -0.3 is 15.7 Å². The van der Waals surface area contributed by atoms with Crippen molar-refractivity contribution in [3.8, 4) is 5.75 Å². The molecule has 0 aromatic heterocycles. The van der Waals surface area contributed by atoms with Crippen LogP contribution in [-0.4, -0.2) is 18.1 Å². The third-order valence-electron chi connectivity index (χ3n) is 3.21. The van der Waals surface area contributed by atoms with Gasteiger partial charge in [-0.3, -0.25) is 4.79 Å². The van der Waals surface area contributed by atoms with Gasteiger partial charge in [-0.15, -0.1) is 0 Å². The number of aryl methyl sites for hydroxylation is 1. The summed E-state index contributed by atoms with van der Waals surface area (Å²) >= 11 is 3.30. The topological polar surface area (TPSA) is 61.4 Å². The first kappa shape index (κ1) is 15.4. The van der Waals surface area contributed by atoms with Gasteiger partial charge in [-0.1, -0.05) is 6.07 Å². The highest BCUT2D eigenvalue weighted by Crippen LogP contribution is 2.25. The Labute approximate surface area is 132 Å². The number of hydrogen-bond acceptors (Lipinski definition) is 3. The average molecular weight is 349 g/mol. The molecule has 0 atom stereocenters. The number of aromatic hydroxyl groups is 1. The summed E-state index contributed by atoms with van der Waals surface area (Å²) in [4.78, 5) is 11.6. The van der Waals surface area contributed by atoms with E-state index >= 15 is 0 Å². The highest BCUT2D eigenvalue weighted by atomic mass is 79.9. The predicted octanol–water partition coefficient (Wildman–Crippen LogP) is 3.43. The number of halogens is 1. The molecular weight excluding hydrogens is 332 g/mol. The number of carbonyl (C=O) groups is 1. The molecule has 0 saturated carbocycles. The molecule has 3 N–H and O–H groups in total. The van der Waals surface area contributed by atoms with E-state index in [1.807, 2.05) is 31.2 Å². The lowest BCUT2D eigenvalue weighted by Crippen LogP contribution is -2.17. The molecule has 1 amide bonds. The Morgan fingerprint density at radius 3 is 2.62 bits per heavy atom. The quantitative estimate of drug-likeness (QED) is 0.793. The highest BCUT2D eigenvalue weighted by Gasteiger charge is 2.06. The van der Waals surface area contributed by atoms with E-state index in [1.165, 1.54) is 0 Å². The molecule has 5 heteroatoms. The first-order chi connectivity index (χ1) is 10.0. The summed E-state index contributed by atoms with van der Waals surface area (Å²) in [5, 5.41) is 15.4. The van der Waals surface area contributed by atoms with E-state index in [-0.39, 0.29) is 11.7 Å². The number of anilines is 1. The maximum Gasteiger partial charge on any atom is 0.251 e. The fourth-order valence-electron chi connectivity index (χ4n) is 2.01. The maximum atomic E-state index is 11.6. The second-order valence-corrected chi connectivity index (χ2v) is 5.60. The molecule has 0 aliphatic heterocycles. The van der Waals surface area contributed by atoms with Crippen molar-refractivity contribution in [2.75, 3.05) is 12.4 Å². The number of rotatable bonds is 4. The molecule has 0 saturated heterocycles. The summed E-state index contributed by atoms with van der Waals surface area (Å²) in [6, 6.07) is 10.9. The molecule has 2 aromatic carbocycles. The van der Waals surface area contributed by atoms with Gasteiger partial charge in [0, 0.05) is 24.8 Å². The van der Waals surface area contributed by atoms with Crippen LogP contribution in [0.5, 0.6) is 5.75 Å². The minimum Gasteiger partial charge on any atom is -0.507 e. The number of amides is 1. The Bertz CT molecular complexity index is 671. The van der Waals surface area contributed by atoms with Gasteiger partial charge in [0.2, 0.25) is 0 Å². The lowest BCUT2D eigenvalue weighted by molar-refractivity contribution is 0.0963. The number of carbonyl (C=O) groups excluding carboxylic acids is 1. The lowest BCUT2D eigenvalue weighted by atomic mass is 10.1. The summed E-state index contributed by atoms with van der Waals surface area (Å²) < 4.78 is 0.675. The van der Waals surface area contributed by atoms with Crippen molar-refractivity contribution < 1.29 is 9.90 Å². The highest BCUT2D eigenvalue weighted by molar-refractivity contribution is 9.10. The maximum absolute atomic E-state index is 11.6. The zero-order valence-corrected chi connectivity index (χ0v) is 13.5. The molecular formula is C16H17BrN2O2. The smallest absolute Gasteiger partial charge is 0.251 e. The van der Waals surface area contributed by atoms with E-state index in [4.69, 9.17) is 0 Å². The van der Waals surface area contributed by atoms with Crippen LogP contribution in [0.4, 0.5) is 5.69 Å². The van der Waals surface area contributed by atoms with Gasteiger partial charge in [0.25, 0.3) is 5.91 Å². The second-order valence-electron chi connectivity index (χ2n) is 4.75. The monoisotopic (exact) mass is 348 g/mol. The minimum atomic E-state index is -0.0906. The van der Waals surface area contributed by atoms with Crippen molar-refractivity contribution in [1.82, 2.24) is 5.32 Å². The summed E-state index contributed by atoms with van der Waals surface area (Å²) in [5.41, 5.74) is 3.68. The first-order valence-electron chi connectivity index (χ1n) is 6.55. The van der Waals surface area contributed by atoms with E-state index in [9.17, 15) is 9.90 Å². The fourth-order valence-corrected chi connectivity index (χ4v) is 2.43. The number of benzene rings is 2. The van der Waals surface area contributed by atoms with E-state index in [0.29, 0.717) is 16.6 Å². The molecule has 0 spiro atoms. The zero-order valence-electron chi connectivity index (χ0n) is 11.9. The molecule has 4 nitrogen and oxygen atoms in total. The van der Waals surface area contributed by atoms with Crippen molar-refractivity contribution in [2.45, 2.75) is 13.5 Å². The molecule has 21 heavy (non-hydrogen) atoms. The van der Waals surface area contributed by atoms with Crippen LogP contribution >= 0.6 is 15.9 Å². The largest absolute Gasteiger partial charge is 0.507 e. The zero-order chi connectivity index (χ0) is 15.4. The molecule has 0 fully saturated rings. The Kier molecular flexibility index (Phi) is 4.85. The molecule has 0 aliphatic rings. The van der Waals surface area contributed by atoms with Crippen molar-refractivity contribution in [1.29, 1.82) is 0 Å². The Balaban J connectivity index is 2.09. The number of hydrogen-bond donors (Lipinski definition) is 3. The van der Waals surface area contributed by atoms with Crippen LogP contribution in [0.25, 0.3) is 0 Å². The average Bonchev–Trinajstić information content (AvgIpc) is 2.48. The van der Waals surface area contributed by atoms with Crippen molar-refractivity contribution >= 4 is 27.5 Å². The van der Waals surface area contributed by atoms with Gasteiger partial charge >= 0.3 is 0 Å². The lowest BCUT2D eigenvalue weighted by Gasteiger charge is -2.11. The van der Waals surface area contributed by atoms with E-state index < -0.39 is 0 Å². The Morgan fingerprint density at radius 2 is 2.00 bits per heavy atom. The fraction of sp³-hybridized carbons (Fsp3) is 0.188. The normalized spacial score (nSPS) is 10.2. The van der Waals surface area contributed by atoms with Crippen molar-refractivity contribution in [3.05, 3.63) is 57.6 Å². The number of phenolic OH excluding ortho intramolecular Hbond substituents is 1. The van der Waals surface area contributed by atoms with Crippen molar-refractivity contribution in [2.24, 2.45) is 0 Å². The number of phenols is 1. The molecule has 0 aliphatic carbocycles. The molecule has 2 aromatic rings. The van der Waals surface area contributed by atoms with E-state index in [0.717, 1.165) is 16.8 Å². The van der Waals surface area contributed by atoms with Gasteiger partial charge in [0.15, 0.2) is 0 Å². The van der Waals surface area contributed by atoms with Gasteiger partial charge in [-0.25, -0.2) is 0 Å². The standard InChI is InChI=1S/C16H17BrN2O2/c1-10-7-12(16(21)18-2)4-5-14(10)19-9-11-3-6-15(20)13(17)8-11/h3-8,19-20H,9H2,1-2H3,(H,18,21). The summed E-state index contributed by atoms with van der Waals surface area (Å²) in [6.45, 7) is 2.60. The van der Waals surface area contributed by atoms with Crippen LogP contribution in [0.2, 0.25) is 0 Å². The van der Waals surface area contributed by atoms with Crippen molar-refractivity contribution in [3.63, 3.8) is 0 Å². The molecule has 0 radical (unpaired) electrons. The van der Waals surface area contributed by atoms with Crippen LogP contribution in [-0.2, 0) is 6.54 Å². The first-order valence-corrected chi connectivity index (χ1v) is 7.34. The number of nitrogens with one attached hydrogen (secondary N) is 2. The predicted molar refractivity (Wildman–Crippen MR) is 87.7 cm³/mol. The van der Waals surface area contributed by atoms with Crippen LogP contribution in [0.3, 0.4) is 0 Å². The van der Waals surface area contributed by atoms with Crippen LogP contribution in [0, 0.1) is 6.92 Å². The van der Waals surface area contributed by atoms with Gasteiger partial charge in [-0.2, -0.15) is 0 Å². The molecule has 0 bridgehead atoms. The molecule has 110 valence electrons. The second kappa shape index (κ2) is 6.63. The van der Waals surface area contributed by atoms with Crippen LogP contribution < -0.4 is 10.6 Å². The summed E-state index contributed by atoms with van der Waals surface area (Å²) in [7, 11) is 1.62. The van der Waals surface area contributed by atoms with Gasteiger partial charge in [0.1, 0.15) is 5.75 Å². The minimum absolute atomic E-state index is 0.0906. The Morgan fingerprint density at radius 1 is 1.24 bits per heavy atom. The molecule has 0 heterocycles. The summed E-state index contributed by atoms with van der Waals surface area (Å²) in [6.07, 6.45) is 0. The van der Waals surface area contributed by atoms with E-state index in [2.05, 4.69) is 26.6 Å². The third kappa shape index (κ3) is 3.76. The van der Waals surface area contributed by atoms with Gasteiger partial charge in [0.05, 0.1) is 4.47 Å². The van der Waals surface area contributed by atoms with Crippen LogP contribution in [0.15, 0.2) is 40.9 Å².